The summed E-state index contributed by atoms with van der Waals surface area (Å²) in [6.45, 7) is 2.94. The van der Waals surface area contributed by atoms with Crippen molar-refractivity contribution in [2.75, 3.05) is 0 Å². The molecule has 0 aliphatic rings. The number of amides is 1. The molecule has 0 aromatic heterocycles. The summed E-state index contributed by atoms with van der Waals surface area (Å²) >= 11 is 0. The van der Waals surface area contributed by atoms with E-state index < -0.39 is 33.2 Å². The van der Waals surface area contributed by atoms with Crippen molar-refractivity contribution in [3.8, 4) is 0 Å². The summed E-state index contributed by atoms with van der Waals surface area (Å²) in [5.41, 5.74) is 4.93. The number of carbonyl (C=O) groups excluding carboxylic acids is 1. The molecule has 0 rings (SSSR count). The van der Waals surface area contributed by atoms with Crippen LogP contribution in [0.5, 0.6) is 0 Å². The largest absolute Gasteiger partial charge is 0.481 e. The molecule has 3 N–H and O–H groups in total. The van der Waals surface area contributed by atoms with Crippen molar-refractivity contribution in [2.45, 2.75) is 30.8 Å². The predicted octanol–water partition coefficient (Wildman–Crippen LogP) is -0.528. The van der Waals surface area contributed by atoms with E-state index in [0.717, 1.165) is 0 Å². The lowest BCUT2D eigenvalue weighted by atomic mass is 10.3. The van der Waals surface area contributed by atoms with Gasteiger partial charge >= 0.3 is 5.97 Å². The molecule has 0 fully saturated rings. The number of carboxylic acid groups (broad SMARTS) is 1. The number of hydrogen-bond donors (Lipinski definition) is 2. The van der Waals surface area contributed by atoms with Crippen LogP contribution in [0, 0.1) is 0 Å². The third-order valence-electron chi connectivity index (χ3n) is 1.61. The minimum atomic E-state index is -1.52. The normalized spacial score (nSPS) is 17.4. The van der Waals surface area contributed by atoms with E-state index in [1.807, 2.05) is 0 Å². The first kappa shape index (κ1) is 12.1. The van der Waals surface area contributed by atoms with Crippen LogP contribution in [0.25, 0.3) is 0 Å². The molecule has 3 unspecified atom stereocenters. The third kappa shape index (κ3) is 4.02. The maximum Gasteiger partial charge on any atom is 0.304 e. The van der Waals surface area contributed by atoms with E-state index in [-0.39, 0.29) is 6.42 Å². The van der Waals surface area contributed by atoms with E-state index in [1.54, 1.807) is 0 Å². The second-order valence-electron chi connectivity index (χ2n) is 2.78. The van der Waals surface area contributed by atoms with Crippen molar-refractivity contribution >= 4 is 22.7 Å². The van der Waals surface area contributed by atoms with Gasteiger partial charge in [-0.1, -0.05) is 6.92 Å². The number of carbonyl (C=O) groups is 2. The van der Waals surface area contributed by atoms with E-state index in [0.29, 0.717) is 0 Å². The number of hydrogen-bond acceptors (Lipinski definition) is 3. The monoisotopic (exact) mass is 207 g/mol. The van der Waals surface area contributed by atoms with Gasteiger partial charge in [0.15, 0.2) is 0 Å². The molecule has 0 spiro atoms. The maximum atomic E-state index is 11.4. The fraction of sp³-hybridized carbons (Fsp3) is 0.714. The van der Waals surface area contributed by atoms with Crippen molar-refractivity contribution < 1.29 is 18.9 Å². The predicted molar refractivity (Wildman–Crippen MR) is 48.5 cm³/mol. The fourth-order valence-electron chi connectivity index (χ4n) is 0.791. The summed E-state index contributed by atoms with van der Waals surface area (Å²) in [6, 6.07) is 0. The number of nitrogens with two attached hydrogens (primary N) is 1. The van der Waals surface area contributed by atoms with Crippen molar-refractivity contribution in [3.05, 3.63) is 0 Å². The van der Waals surface area contributed by atoms with Gasteiger partial charge in [-0.25, -0.2) is 0 Å². The molecule has 0 aliphatic heterocycles. The van der Waals surface area contributed by atoms with Gasteiger partial charge < -0.3 is 10.8 Å². The SMILES string of the molecule is CC(CC(=O)O)S(=O)C(C)C(N)=O. The highest BCUT2D eigenvalue weighted by molar-refractivity contribution is 7.87. The third-order valence-corrected chi connectivity index (χ3v) is 3.50. The van der Waals surface area contributed by atoms with Crippen molar-refractivity contribution in [2.24, 2.45) is 5.73 Å². The van der Waals surface area contributed by atoms with Crippen molar-refractivity contribution in [1.29, 1.82) is 0 Å². The van der Waals surface area contributed by atoms with E-state index in [9.17, 15) is 13.8 Å². The summed E-state index contributed by atoms with van der Waals surface area (Å²) in [6.07, 6.45) is -0.218. The van der Waals surface area contributed by atoms with Gasteiger partial charge in [0.2, 0.25) is 5.91 Å². The van der Waals surface area contributed by atoms with E-state index >= 15 is 0 Å². The molecule has 0 saturated heterocycles. The Morgan fingerprint density at radius 1 is 1.46 bits per heavy atom. The van der Waals surface area contributed by atoms with Crippen LogP contribution in [-0.2, 0) is 20.4 Å². The molecule has 0 radical (unpaired) electrons. The molecule has 76 valence electrons. The molecule has 13 heavy (non-hydrogen) atoms. The Bertz CT molecular complexity index is 241. The fourth-order valence-corrected chi connectivity index (χ4v) is 2.02. The second kappa shape index (κ2) is 4.96. The summed E-state index contributed by atoms with van der Waals surface area (Å²) in [5, 5.41) is 7.05. The number of aliphatic carboxylic acids is 1. The molecule has 3 atom stereocenters. The smallest absolute Gasteiger partial charge is 0.304 e. The van der Waals surface area contributed by atoms with Gasteiger partial charge in [-0.3, -0.25) is 13.8 Å². The van der Waals surface area contributed by atoms with Gasteiger partial charge in [-0.2, -0.15) is 0 Å². The number of rotatable bonds is 5. The van der Waals surface area contributed by atoms with Crippen LogP contribution in [0.15, 0.2) is 0 Å². The highest BCUT2D eigenvalue weighted by atomic mass is 32.2. The second-order valence-corrected chi connectivity index (χ2v) is 4.95. The first-order valence-corrected chi connectivity index (χ1v) is 5.04. The molecule has 0 aromatic carbocycles. The zero-order valence-corrected chi connectivity index (χ0v) is 8.34. The van der Waals surface area contributed by atoms with Crippen LogP contribution in [0.2, 0.25) is 0 Å². The summed E-state index contributed by atoms with van der Waals surface area (Å²) < 4.78 is 11.4. The lowest BCUT2D eigenvalue weighted by Crippen LogP contribution is -2.34. The molecule has 0 heterocycles. The molecule has 0 aromatic rings. The van der Waals surface area contributed by atoms with E-state index in [1.165, 1.54) is 13.8 Å². The van der Waals surface area contributed by atoms with Crippen molar-refractivity contribution in [3.63, 3.8) is 0 Å². The molecule has 6 heteroatoms. The molecule has 0 bridgehead atoms. The van der Waals surface area contributed by atoms with E-state index in [2.05, 4.69) is 0 Å². The molecular weight excluding hydrogens is 194 g/mol. The summed E-state index contributed by atoms with van der Waals surface area (Å²) in [5.74, 6) is -1.70. The van der Waals surface area contributed by atoms with Crippen LogP contribution in [0.1, 0.15) is 20.3 Å². The Morgan fingerprint density at radius 2 is 1.92 bits per heavy atom. The van der Waals surface area contributed by atoms with Crippen LogP contribution in [-0.4, -0.2) is 31.7 Å². The number of carboxylic acids is 1. The topological polar surface area (TPSA) is 97.5 Å². The summed E-state index contributed by atoms with van der Waals surface area (Å²) in [4.78, 5) is 20.9. The Balaban J connectivity index is 4.25. The highest BCUT2D eigenvalue weighted by Crippen LogP contribution is 2.07. The maximum absolute atomic E-state index is 11.4. The molecule has 1 amide bonds. The Hall–Kier alpha value is -0.910. The van der Waals surface area contributed by atoms with Crippen LogP contribution in [0.4, 0.5) is 0 Å². The molecular formula is C7H13NO4S. The van der Waals surface area contributed by atoms with Crippen LogP contribution in [0.3, 0.4) is 0 Å². The van der Waals surface area contributed by atoms with Crippen LogP contribution < -0.4 is 5.73 Å². The average molecular weight is 207 g/mol. The van der Waals surface area contributed by atoms with Crippen molar-refractivity contribution in [1.82, 2.24) is 0 Å². The van der Waals surface area contributed by atoms with Gasteiger partial charge in [-0.15, -0.1) is 0 Å². The average Bonchev–Trinajstić information content (AvgIpc) is 2.00. The highest BCUT2D eigenvalue weighted by Gasteiger charge is 2.23. The first-order valence-electron chi connectivity index (χ1n) is 3.76. The zero-order valence-electron chi connectivity index (χ0n) is 7.52. The Morgan fingerprint density at radius 3 is 2.23 bits per heavy atom. The van der Waals surface area contributed by atoms with Gasteiger partial charge in [0.05, 0.1) is 6.42 Å². The minimum absolute atomic E-state index is 0.218. The Labute approximate surface area is 78.8 Å². The molecule has 0 aliphatic carbocycles. The lowest BCUT2D eigenvalue weighted by Gasteiger charge is -2.12. The van der Waals surface area contributed by atoms with Gasteiger partial charge in [0.25, 0.3) is 0 Å². The lowest BCUT2D eigenvalue weighted by molar-refractivity contribution is -0.137. The standard InChI is InChI=1S/C7H13NO4S/c1-4(3-6(9)10)13(12)5(2)7(8)11/h4-5H,3H2,1-2H3,(H2,8,11)(H,9,10). The minimum Gasteiger partial charge on any atom is -0.481 e. The Kier molecular flexibility index (Phi) is 4.61. The van der Waals surface area contributed by atoms with E-state index in [4.69, 9.17) is 10.8 Å². The van der Waals surface area contributed by atoms with Gasteiger partial charge in [-0.05, 0) is 6.92 Å². The summed E-state index contributed by atoms with van der Waals surface area (Å²) in [7, 11) is -1.52. The molecule has 0 saturated carbocycles. The van der Waals surface area contributed by atoms with Gasteiger partial charge in [0.1, 0.15) is 5.25 Å². The van der Waals surface area contributed by atoms with Gasteiger partial charge in [0, 0.05) is 16.0 Å². The number of primary amides is 1. The van der Waals surface area contributed by atoms with Crippen LogP contribution >= 0.6 is 0 Å². The first-order chi connectivity index (χ1) is 5.86. The molecule has 5 nitrogen and oxygen atoms in total. The quantitative estimate of drug-likeness (QED) is 0.633. The zero-order chi connectivity index (χ0) is 10.6.